The van der Waals surface area contributed by atoms with Crippen LogP contribution in [-0.4, -0.2) is 51.4 Å². The molecule has 0 bridgehead atoms. The topological polar surface area (TPSA) is 105 Å². The van der Waals surface area contributed by atoms with Crippen LogP contribution >= 0.6 is 0 Å². The Hall–Kier alpha value is -3.07. The molecule has 1 atom stereocenters. The van der Waals surface area contributed by atoms with Gasteiger partial charge in [0.2, 0.25) is 0 Å². The summed E-state index contributed by atoms with van der Waals surface area (Å²) in [6.07, 6.45) is 3.66. The minimum Gasteiger partial charge on any atom is -0.496 e. The third kappa shape index (κ3) is 5.84. The number of sulfonamides is 1. The van der Waals surface area contributed by atoms with Crippen LogP contribution in [0, 0.1) is 0 Å². The van der Waals surface area contributed by atoms with E-state index in [-0.39, 0.29) is 39.6 Å². The summed E-state index contributed by atoms with van der Waals surface area (Å²) in [4.78, 5) is 27.4. The number of rotatable bonds is 8. The number of likely N-dealkylation sites (tertiary alicyclic amines) is 1. The van der Waals surface area contributed by atoms with Crippen LogP contribution in [0.2, 0.25) is 0 Å². The smallest absolute Gasteiger partial charge is 0.261 e. The summed E-state index contributed by atoms with van der Waals surface area (Å²) in [5.41, 5.74) is 0.586. The number of nitrogens with one attached hydrogen (secondary N) is 2. The molecular formula is C24H31N3O5S. The summed E-state index contributed by atoms with van der Waals surface area (Å²) in [6.45, 7) is 5.10. The minimum absolute atomic E-state index is 0.0490. The van der Waals surface area contributed by atoms with Gasteiger partial charge >= 0.3 is 0 Å². The number of amides is 2. The number of carbonyl (C=O) groups excluding carboxylic acids is 2. The largest absolute Gasteiger partial charge is 0.496 e. The first kappa shape index (κ1) is 24.6. The van der Waals surface area contributed by atoms with Crippen molar-refractivity contribution in [3.05, 3.63) is 53.6 Å². The maximum atomic E-state index is 13.2. The number of hydrogen-bond acceptors (Lipinski definition) is 5. The zero-order chi connectivity index (χ0) is 24.0. The molecule has 0 aliphatic carbocycles. The van der Waals surface area contributed by atoms with E-state index < -0.39 is 10.0 Å². The molecule has 9 heteroatoms. The lowest BCUT2D eigenvalue weighted by atomic mass is 10.1. The van der Waals surface area contributed by atoms with E-state index in [1.807, 2.05) is 13.8 Å². The standard InChI is InChI=1S/C24H31N3O5S/c1-4-17(2)25-23(28)19-10-6-7-11-21(19)26-33(30,31)18-12-13-22(32-3)20(16-18)24(29)27-14-8-5-9-15-27/h6-7,10-13,16-17,26H,4-5,8-9,14-15H2,1-3H3,(H,25,28)/t17-/m0/s1. The molecular weight excluding hydrogens is 442 g/mol. The molecule has 1 aliphatic heterocycles. The molecule has 1 heterocycles. The van der Waals surface area contributed by atoms with Crippen LogP contribution in [-0.2, 0) is 10.0 Å². The fourth-order valence-corrected chi connectivity index (χ4v) is 4.77. The normalized spacial score (nSPS) is 14.9. The Bertz CT molecular complexity index is 1110. The Morgan fingerprint density at radius 3 is 2.42 bits per heavy atom. The Labute approximate surface area is 195 Å². The van der Waals surface area contributed by atoms with Gasteiger partial charge in [-0.25, -0.2) is 8.42 Å². The summed E-state index contributed by atoms with van der Waals surface area (Å²) in [6, 6.07) is 10.6. The second kappa shape index (κ2) is 10.7. The van der Waals surface area contributed by atoms with Crippen LogP contribution in [0.3, 0.4) is 0 Å². The highest BCUT2D eigenvalue weighted by molar-refractivity contribution is 7.92. The zero-order valence-electron chi connectivity index (χ0n) is 19.3. The molecule has 0 unspecified atom stereocenters. The third-order valence-corrected chi connectivity index (χ3v) is 7.12. The molecule has 33 heavy (non-hydrogen) atoms. The fraction of sp³-hybridized carbons (Fsp3) is 0.417. The average Bonchev–Trinajstić information content (AvgIpc) is 2.83. The summed E-state index contributed by atoms with van der Waals surface area (Å²) in [5.74, 6) is -0.298. The van der Waals surface area contributed by atoms with Gasteiger partial charge in [-0.1, -0.05) is 19.1 Å². The van der Waals surface area contributed by atoms with Crippen molar-refractivity contribution in [1.29, 1.82) is 0 Å². The molecule has 178 valence electrons. The van der Waals surface area contributed by atoms with E-state index in [0.29, 0.717) is 18.8 Å². The number of nitrogens with zero attached hydrogens (tertiary/aromatic N) is 1. The fourth-order valence-electron chi connectivity index (χ4n) is 3.67. The SMILES string of the molecule is CC[C@H](C)NC(=O)c1ccccc1NS(=O)(=O)c1ccc(OC)c(C(=O)N2CCCCC2)c1. The summed E-state index contributed by atoms with van der Waals surface area (Å²) in [5, 5.41) is 2.85. The number of para-hydroxylation sites is 1. The second-order valence-corrected chi connectivity index (χ2v) is 9.83. The van der Waals surface area contributed by atoms with Gasteiger partial charge in [0.1, 0.15) is 5.75 Å². The zero-order valence-corrected chi connectivity index (χ0v) is 20.1. The molecule has 1 aliphatic rings. The molecule has 2 aromatic carbocycles. The minimum atomic E-state index is -4.07. The van der Waals surface area contributed by atoms with Gasteiger partial charge in [0, 0.05) is 19.1 Å². The van der Waals surface area contributed by atoms with Gasteiger partial charge in [0.25, 0.3) is 21.8 Å². The van der Waals surface area contributed by atoms with Crippen molar-refractivity contribution in [1.82, 2.24) is 10.2 Å². The van der Waals surface area contributed by atoms with Gasteiger partial charge in [-0.3, -0.25) is 14.3 Å². The molecule has 0 spiro atoms. The van der Waals surface area contributed by atoms with Crippen LogP contribution in [0.4, 0.5) is 5.69 Å². The highest BCUT2D eigenvalue weighted by Crippen LogP contribution is 2.27. The van der Waals surface area contributed by atoms with E-state index in [9.17, 15) is 18.0 Å². The van der Waals surface area contributed by atoms with Crippen molar-refractivity contribution >= 4 is 27.5 Å². The highest BCUT2D eigenvalue weighted by atomic mass is 32.2. The van der Waals surface area contributed by atoms with Crippen molar-refractivity contribution in [2.45, 2.75) is 50.5 Å². The van der Waals surface area contributed by atoms with Crippen molar-refractivity contribution in [3.8, 4) is 5.75 Å². The van der Waals surface area contributed by atoms with Crippen molar-refractivity contribution in [3.63, 3.8) is 0 Å². The number of methoxy groups -OCH3 is 1. The molecule has 3 rings (SSSR count). The van der Waals surface area contributed by atoms with E-state index in [1.165, 1.54) is 31.4 Å². The molecule has 2 amide bonds. The van der Waals surface area contributed by atoms with Crippen LogP contribution in [0.15, 0.2) is 47.4 Å². The summed E-state index contributed by atoms with van der Waals surface area (Å²) in [7, 11) is -2.63. The lowest BCUT2D eigenvalue weighted by molar-refractivity contribution is 0.0720. The Morgan fingerprint density at radius 1 is 1.06 bits per heavy atom. The number of piperidine rings is 1. The number of benzene rings is 2. The summed E-state index contributed by atoms with van der Waals surface area (Å²) < 4.78 is 34.2. The maximum Gasteiger partial charge on any atom is 0.261 e. The van der Waals surface area contributed by atoms with Crippen LogP contribution in [0.1, 0.15) is 60.2 Å². The molecule has 1 fully saturated rings. The monoisotopic (exact) mass is 473 g/mol. The lowest BCUT2D eigenvalue weighted by Crippen LogP contribution is -2.36. The molecule has 0 saturated carbocycles. The highest BCUT2D eigenvalue weighted by Gasteiger charge is 2.25. The van der Waals surface area contributed by atoms with Gasteiger partial charge in [0.05, 0.1) is 28.8 Å². The van der Waals surface area contributed by atoms with E-state index in [1.54, 1.807) is 23.1 Å². The lowest BCUT2D eigenvalue weighted by Gasteiger charge is -2.27. The van der Waals surface area contributed by atoms with Crippen molar-refractivity contribution in [2.75, 3.05) is 24.9 Å². The summed E-state index contributed by atoms with van der Waals surface area (Å²) >= 11 is 0. The van der Waals surface area contributed by atoms with Gasteiger partial charge in [-0.2, -0.15) is 0 Å². The second-order valence-electron chi connectivity index (χ2n) is 8.15. The molecule has 2 N–H and O–H groups in total. The number of hydrogen-bond donors (Lipinski definition) is 2. The van der Waals surface area contributed by atoms with E-state index in [4.69, 9.17) is 4.74 Å². The van der Waals surface area contributed by atoms with Crippen molar-refractivity contribution < 1.29 is 22.7 Å². The van der Waals surface area contributed by atoms with Gasteiger partial charge in [-0.15, -0.1) is 0 Å². The van der Waals surface area contributed by atoms with Crippen LogP contribution in [0.25, 0.3) is 0 Å². The molecule has 8 nitrogen and oxygen atoms in total. The quantitative estimate of drug-likeness (QED) is 0.609. The first-order valence-corrected chi connectivity index (χ1v) is 12.6. The Balaban J connectivity index is 1.91. The Morgan fingerprint density at radius 2 is 1.76 bits per heavy atom. The third-order valence-electron chi connectivity index (χ3n) is 5.76. The predicted molar refractivity (Wildman–Crippen MR) is 127 cm³/mol. The van der Waals surface area contributed by atoms with Gasteiger partial charge in [-0.05, 0) is 62.9 Å². The van der Waals surface area contributed by atoms with Crippen LogP contribution < -0.4 is 14.8 Å². The van der Waals surface area contributed by atoms with Gasteiger partial charge < -0.3 is 15.0 Å². The first-order chi connectivity index (χ1) is 15.8. The van der Waals surface area contributed by atoms with E-state index in [0.717, 1.165) is 25.7 Å². The molecule has 1 saturated heterocycles. The molecule has 0 aromatic heterocycles. The van der Waals surface area contributed by atoms with E-state index >= 15 is 0 Å². The van der Waals surface area contributed by atoms with E-state index in [2.05, 4.69) is 10.0 Å². The maximum absolute atomic E-state index is 13.2. The first-order valence-electron chi connectivity index (χ1n) is 11.2. The number of carbonyl (C=O) groups is 2. The molecule has 0 radical (unpaired) electrons. The Kier molecular flexibility index (Phi) is 7.97. The number of ether oxygens (including phenoxy) is 1. The molecule has 2 aromatic rings. The van der Waals surface area contributed by atoms with Crippen molar-refractivity contribution in [2.24, 2.45) is 0 Å². The van der Waals surface area contributed by atoms with Gasteiger partial charge in [0.15, 0.2) is 0 Å². The number of anilines is 1. The average molecular weight is 474 g/mol. The predicted octanol–water partition coefficient (Wildman–Crippen LogP) is 3.65. The van der Waals surface area contributed by atoms with Crippen LogP contribution in [0.5, 0.6) is 5.75 Å².